The van der Waals surface area contributed by atoms with E-state index in [-0.39, 0.29) is 30.5 Å². The molecule has 136 valence electrons. The maximum atomic E-state index is 13.2. The van der Waals surface area contributed by atoms with Crippen LogP contribution >= 0.6 is 0 Å². The summed E-state index contributed by atoms with van der Waals surface area (Å²) in [6.07, 6.45) is 1.09. The van der Waals surface area contributed by atoms with E-state index >= 15 is 0 Å². The summed E-state index contributed by atoms with van der Waals surface area (Å²) in [6.45, 7) is 4.23. The Balaban J connectivity index is 1.70. The van der Waals surface area contributed by atoms with Gasteiger partial charge < -0.3 is 9.15 Å². The molecule has 0 unspecified atom stereocenters. The Kier molecular flexibility index (Phi) is 4.22. The molecule has 4 rings (SSSR count). The highest BCUT2D eigenvalue weighted by Crippen LogP contribution is 2.29. The Morgan fingerprint density at radius 3 is 2.85 bits per heavy atom. The van der Waals surface area contributed by atoms with E-state index in [4.69, 9.17) is 9.15 Å². The number of hydrogen-bond acceptors (Lipinski definition) is 7. The van der Waals surface area contributed by atoms with Gasteiger partial charge in [0.25, 0.3) is 0 Å². The van der Waals surface area contributed by atoms with E-state index in [0.717, 1.165) is 10.9 Å². The fourth-order valence-corrected chi connectivity index (χ4v) is 4.62. The third-order valence-electron chi connectivity index (χ3n) is 4.27. The topological polar surface area (TPSA) is 98.4 Å². The van der Waals surface area contributed by atoms with Gasteiger partial charge >= 0.3 is 0 Å². The van der Waals surface area contributed by atoms with Crippen LogP contribution in [0.25, 0.3) is 10.9 Å². The van der Waals surface area contributed by atoms with E-state index in [2.05, 4.69) is 15.2 Å². The van der Waals surface area contributed by atoms with Gasteiger partial charge in [0, 0.05) is 31.6 Å². The summed E-state index contributed by atoms with van der Waals surface area (Å²) in [5, 5.41) is 8.52. The number of rotatable bonds is 3. The normalized spacial score (nSPS) is 19.1. The average Bonchev–Trinajstić information content (AvgIpc) is 3.07. The van der Waals surface area contributed by atoms with Crippen molar-refractivity contribution in [2.45, 2.75) is 24.8 Å². The molecule has 1 aromatic carbocycles. The third kappa shape index (κ3) is 2.98. The number of fused-ring (bicyclic) bond motifs is 1. The second kappa shape index (κ2) is 6.42. The molecule has 0 amide bonds. The molecule has 0 spiro atoms. The van der Waals surface area contributed by atoms with Crippen LogP contribution in [0.15, 0.2) is 39.8 Å². The molecule has 1 aliphatic heterocycles. The minimum atomic E-state index is -3.73. The SMILES string of the molecule is Cc1cnc2c(S(=O)(=O)N3CCO[C@H](c4nnc(C)o4)C3)cccc2c1. The molecular formula is C17H18N4O4S. The molecule has 0 radical (unpaired) electrons. The maximum absolute atomic E-state index is 13.2. The summed E-state index contributed by atoms with van der Waals surface area (Å²) in [6, 6.07) is 7.10. The van der Waals surface area contributed by atoms with Gasteiger partial charge in [0.15, 0.2) is 0 Å². The van der Waals surface area contributed by atoms with E-state index in [1.165, 1.54) is 4.31 Å². The van der Waals surface area contributed by atoms with Crippen molar-refractivity contribution < 1.29 is 17.6 Å². The molecule has 1 aliphatic rings. The first kappa shape index (κ1) is 17.1. The van der Waals surface area contributed by atoms with Crippen LogP contribution in [0.1, 0.15) is 23.4 Å². The molecule has 1 saturated heterocycles. The first-order valence-electron chi connectivity index (χ1n) is 8.22. The zero-order chi connectivity index (χ0) is 18.3. The second-order valence-electron chi connectivity index (χ2n) is 6.22. The molecule has 26 heavy (non-hydrogen) atoms. The molecule has 0 saturated carbocycles. The monoisotopic (exact) mass is 374 g/mol. The van der Waals surface area contributed by atoms with Crippen LogP contribution in [0, 0.1) is 13.8 Å². The van der Waals surface area contributed by atoms with Crippen molar-refractivity contribution in [3.63, 3.8) is 0 Å². The van der Waals surface area contributed by atoms with Gasteiger partial charge in [-0.15, -0.1) is 10.2 Å². The Labute approximate surface area is 150 Å². The number of para-hydroxylation sites is 1. The highest BCUT2D eigenvalue weighted by molar-refractivity contribution is 7.89. The number of aromatic nitrogens is 3. The van der Waals surface area contributed by atoms with Crippen LogP contribution in [-0.2, 0) is 14.8 Å². The van der Waals surface area contributed by atoms with Gasteiger partial charge in [0.1, 0.15) is 11.0 Å². The number of benzene rings is 1. The molecule has 3 aromatic rings. The Bertz CT molecular complexity index is 1060. The standard InChI is InChI=1S/C17H18N4O4S/c1-11-8-13-4-3-5-15(16(13)18-9-11)26(22,23)21-6-7-24-14(10-21)17-20-19-12(2)25-17/h3-5,8-9,14H,6-7,10H2,1-2H3/t14-/m0/s1. The minimum Gasteiger partial charge on any atom is -0.423 e. The fraction of sp³-hybridized carbons (Fsp3) is 0.353. The number of sulfonamides is 1. The smallest absolute Gasteiger partial charge is 0.246 e. The van der Waals surface area contributed by atoms with Crippen molar-refractivity contribution >= 4 is 20.9 Å². The van der Waals surface area contributed by atoms with Gasteiger partial charge in [0.2, 0.25) is 21.8 Å². The van der Waals surface area contributed by atoms with Crippen molar-refractivity contribution in [3.8, 4) is 0 Å². The average molecular weight is 374 g/mol. The summed E-state index contributed by atoms with van der Waals surface area (Å²) in [7, 11) is -3.73. The van der Waals surface area contributed by atoms with Crippen LogP contribution in [0.3, 0.4) is 0 Å². The lowest BCUT2D eigenvalue weighted by Crippen LogP contribution is -2.42. The zero-order valence-corrected chi connectivity index (χ0v) is 15.2. The van der Waals surface area contributed by atoms with E-state index in [1.54, 1.807) is 25.3 Å². The summed E-state index contributed by atoms with van der Waals surface area (Å²) in [5.74, 6) is 0.700. The number of ether oxygens (including phenoxy) is 1. The number of hydrogen-bond donors (Lipinski definition) is 0. The number of pyridine rings is 1. The molecular weight excluding hydrogens is 356 g/mol. The van der Waals surface area contributed by atoms with Gasteiger partial charge in [-0.05, 0) is 24.6 Å². The number of nitrogens with zero attached hydrogens (tertiary/aromatic N) is 4. The summed E-state index contributed by atoms with van der Waals surface area (Å²) in [4.78, 5) is 4.54. The highest BCUT2D eigenvalue weighted by Gasteiger charge is 2.34. The minimum absolute atomic E-state index is 0.117. The van der Waals surface area contributed by atoms with Gasteiger partial charge in [-0.1, -0.05) is 12.1 Å². The molecule has 0 N–H and O–H groups in total. The lowest BCUT2D eigenvalue weighted by molar-refractivity contribution is -0.0176. The highest BCUT2D eigenvalue weighted by atomic mass is 32.2. The first-order chi connectivity index (χ1) is 12.4. The summed E-state index contributed by atoms with van der Waals surface area (Å²) < 4.78 is 38.9. The molecule has 8 nitrogen and oxygen atoms in total. The lowest BCUT2D eigenvalue weighted by atomic mass is 10.2. The Morgan fingerprint density at radius 2 is 2.08 bits per heavy atom. The van der Waals surface area contributed by atoms with Gasteiger partial charge in [-0.25, -0.2) is 8.42 Å². The Morgan fingerprint density at radius 1 is 1.23 bits per heavy atom. The largest absolute Gasteiger partial charge is 0.423 e. The van der Waals surface area contributed by atoms with Crippen molar-refractivity contribution in [2.75, 3.05) is 19.7 Å². The van der Waals surface area contributed by atoms with E-state index in [9.17, 15) is 8.42 Å². The summed E-state index contributed by atoms with van der Waals surface area (Å²) >= 11 is 0. The zero-order valence-electron chi connectivity index (χ0n) is 14.4. The van der Waals surface area contributed by atoms with Crippen molar-refractivity contribution in [2.24, 2.45) is 0 Å². The maximum Gasteiger partial charge on any atom is 0.246 e. The van der Waals surface area contributed by atoms with Crippen LogP contribution in [-0.4, -0.2) is 47.6 Å². The molecule has 2 aromatic heterocycles. The first-order valence-corrected chi connectivity index (χ1v) is 9.66. The predicted octanol–water partition coefficient (Wildman–Crippen LogP) is 2.00. The predicted molar refractivity (Wildman–Crippen MR) is 93.0 cm³/mol. The van der Waals surface area contributed by atoms with Crippen LogP contribution in [0.4, 0.5) is 0 Å². The van der Waals surface area contributed by atoms with E-state index < -0.39 is 16.1 Å². The van der Waals surface area contributed by atoms with Gasteiger partial charge in [-0.3, -0.25) is 4.98 Å². The lowest BCUT2D eigenvalue weighted by Gasteiger charge is -2.30. The van der Waals surface area contributed by atoms with Gasteiger partial charge in [-0.2, -0.15) is 4.31 Å². The van der Waals surface area contributed by atoms with E-state index in [1.807, 2.05) is 19.1 Å². The summed E-state index contributed by atoms with van der Waals surface area (Å²) in [5.41, 5.74) is 1.44. The Hall–Kier alpha value is -2.36. The van der Waals surface area contributed by atoms with Crippen molar-refractivity contribution in [3.05, 3.63) is 47.8 Å². The molecule has 3 heterocycles. The molecule has 0 bridgehead atoms. The van der Waals surface area contributed by atoms with Gasteiger partial charge in [0.05, 0.1) is 12.1 Å². The molecule has 0 aliphatic carbocycles. The fourth-order valence-electron chi connectivity index (χ4n) is 3.03. The van der Waals surface area contributed by atoms with Crippen molar-refractivity contribution in [1.29, 1.82) is 0 Å². The van der Waals surface area contributed by atoms with Crippen LogP contribution < -0.4 is 0 Å². The molecule has 9 heteroatoms. The molecule has 1 atom stereocenters. The van der Waals surface area contributed by atoms with Crippen molar-refractivity contribution in [1.82, 2.24) is 19.5 Å². The third-order valence-corrected chi connectivity index (χ3v) is 6.17. The quantitative estimate of drug-likeness (QED) is 0.691. The number of aryl methyl sites for hydroxylation is 2. The molecule has 1 fully saturated rings. The van der Waals surface area contributed by atoms with E-state index in [0.29, 0.717) is 11.4 Å². The second-order valence-corrected chi connectivity index (χ2v) is 8.13. The van der Waals surface area contributed by atoms with Crippen LogP contribution in [0.2, 0.25) is 0 Å². The van der Waals surface area contributed by atoms with Crippen LogP contribution in [0.5, 0.6) is 0 Å². The number of morpholine rings is 1.